The van der Waals surface area contributed by atoms with Crippen molar-refractivity contribution in [2.75, 3.05) is 18.7 Å². The molecular formula is C16H15F3N4O3. The Bertz CT molecular complexity index is 827. The summed E-state index contributed by atoms with van der Waals surface area (Å²) in [6, 6.07) is 5.29. The van der Waals surface area contributed by atoms with Crippen molar-refractivity contribution in [2.45, 2.75) is 19.5 Å². The molecule has 0 fully saturated rings. The number of urea groups is 1. The van der Waals surface area contributed by atoms with Gasteiger partial charge in [0, 0.05) is 30.4 Å². The van der Waals surface area contributed by atoms with Crippen LogP contribution in [0.15, 0.2) is 24.3 Å². The first-order valence-corrected chi connectivity index (χ1v) is 7.67. The topological polar surface area (TPSA) is 85.4 Å². The molecule has 0 unspecified atom stereocenters. The van der Waals surface area contributed by atoms with Gasteiger partial charge >= 0.3 is 12.2 Å². The highest BCUT2D eigenvalue weighted by atomic mass is 19.4. The van der Waals surface area contributed by atoms with Crippen LogP contribution in [-0.2, 0) is 12.6 Å². The van der Waals surface area contributed by atoms with Gasteiger partial charge in [0.15, 0.2) is 11.5 Å². The fourth-order valence-electron chi connectivity index (χ4n) is 2.32. The van der Waals surface area contributed by atoms with E-state index in [9.17, 15) is 18.0 Å². The van der Waals surface area contributed by atoms with Crippen LogP contribution in [-0.4, -0.2) is 29.3 Å². The lowest BCUT2D eigenvalue weighted by atomic mass is 10.3. The fourth-order valence-corrected chi connectivity index (χ4v) is 2.32. The number of nitrogens with one attached hydrogen (secondary N) is 2. The third kappa shape index (κ3) is 4.32. The molecule has 2 heterocycles. The predicted octanol–water partition coefficient (Wildman–Crippen LogP) is 2.90. The summed E-state index contributed by atoms with van der Waals surface area (Å²) in [5.41, 5.74) is -0.283. The van der Waals surface area contributed by atoms with Crippen LogP contribution in [0.3, 0.4) is 0 Å². The molecule has 0 saturated carbocycles. The minimum absolute atomic E-state index is 0.0145. The second-order valence-corrected chi connectivity index (χ2v) is 5.51. The number of anilines is 1. The molecule has 0 saturated heterocycles. The lowest BCUT2D eigenvalue weighted by Crippen LogP contribution is -2.30. The highest BCUT2D eigenvalue weighted by molar-refractivity contribution is 5.89. The molecule has 2 aromatic rings. The zero-order valence-electron chi connectivity index (χ0n) is 13.7. The molecule has 1 aromatic heterocycles. The average Bonchev–Trinajstić information content (AvgIpc) is 3.01. The molecule has 0 spiro atoms. The van der Waals surface area contributed by atoms with Crippen molar-refractivity contribution in [3.8, 4) is 11.5 Å². The van der Waals surface area contributed by atoms with Gasteiger partial charge in [-0.05, 0) is 25.1 Å². The monoisotopic (exact) mass is 368 g/mol. The van der Waals surface area contributed by atoms with Crippen LogP contribution in [0.2, 0.25) is 0 Å². The van der Waals surface area contributed by atoms with Crippen LogP contribution in [0.1, 0.15) is 17.2 Å². The summed E-state index contributed by atoms with van der Waals surface area (Å²) in [6.07, 6.45) is -4.47. The number of rotatable bonds is 4. The number of nitrogens with zero attached hydrogens (tertiary/aromatic N) is 2. The van der Waals surface area contributed by atoms with Gasteiger partial charge in [0.05, 0.1) is 0 Å². The van der Waals surface area contributed by atoms with Crippen LogP contribution < -0.4 is 20.1 Å². The summed E-state index contributed by atoms with van der Waals surface area (Å²) in [5.74, 6) is 1.13. The Morgan fingerprint density at radius 1 is 1.19 bits per heavy atom. The van der Waals surface area contributed by atoms with E-state index in [-0.39, 0.29) is 31.3 Å². The van der Waals surface area contributed by atoms with Crippen molar-refractivity contribution in [3.05, 3.63) is 41.5 Å². The molecule has 26 heavy (non-hydrogen) atoms. The molecule has 0 bridgehead atoms. The summed E-state index contributed by atoms with van der Waals surface area (Å²) < 4.78 is 48.6. The summed E-state index contributed by atoms with van der Waals surface area (Å²) in [5, 5.41) is 5.14. The van der Waals surface area contributed by atoms with Crippen molar-refractivity contribution in [1.29, 1.82) is 0 Å². The van der Waals surface area contributed by atoms with Gasteiger partial charge in [-0.2, -0.15) is 13.2 Å². The summed E-state index contributed by atoms with van der Waals surface area (Å²) >= 11 is 0. The average molecular weight is 368 g/mol. The standard InChI is InChI=1S/C16H15F3N4O3/c1-9-6-13(16(17,18)19)23-14(21-9)4-5-20-15(24)22-10-2-3-11-12(7-10)26-8-25-11/h2-3,6-7H,4-5,8H2,1H3,(H2,20,22,24). The van der Waals surface area contributed by atoms with Crippen LogP contribution in [0, 0.1) is 6.92 Å². The van der Waals surface area contributed by atoms with E-state index in [0.717, 1.165) is 6.07 Å². The van der Waals surface area contributed by atoms with Crippen LogP contribution in [0.4, 0.5) is 23.7 Å². The summed E-state index contributed by atoms with van der Waals surface area (Å²) in [6.45, 7) is 1.67. The lowest BCUT2D eigenvalue weighted by Gasteiger charge is -2.10. The minimum atomic E-state index is -4.54. The molecular weight excluding hydrogens is 353 g/mol. The highest BCUT2D eigenvalue weighted by Gasteiger charge is 2.33. The van der Waals surface area contributed by atoms with Gasteiger partial charge in [-0.15, -0.1) is 0 Å². The third-order valence-corrected chi connectivity index (χ3v) is 3.46. The fraction of sp³-hybridized carbons (Fsp3) is 0.312. The lowest BCUT2D eigenvalue weighted by molar-refractivity contribution is -0.141. The second-order valence-electron chi connectivity index (χ2n) is 5.51. The number of halogens is 3. The Morgan fingerprint density at radius 2 is 1.96 bits per heavy atom. The molecule has 138 valence electrons. The number of amides is 2. The van der Waals surface area contributed by atoms with E-state index in [4.69, 9.17) is 9.47 Å². The third-order valence-electron chi connectivity index (χ3n) is 3.46. The number of alkyl halides is 3. The number of ether oxygens (including phenoxy) is 2. The van der Waals surface area contributed by atoms with Gasteiger partial charge < -0.3 is 20.1 Å². The van der Waals surface area contributed by atoms with Gasteiger partial charge in [-0.3, -0.25) is 0 Å². The number of fused-ring (bicyclic) bond motifs is 1. The van der Waals surface area contributed by atoms with Crippen LogP contribution in [0.25, 0.3) is 0 Å². The highest BCUT2D eigenvalue weighted by Crippen LogP contribution is 2.34. The number of hydrogen-bond donors (Lipinski definition) is 2. The number of benzene rings is 1. The van der Waals surface area contributed by atoms with Gasteiger partial charge in [-0.25, -0.2) is 14.8 Å². The van der Waals surface area contributed by atoms with E-state index in [2.05, 4.69) is 20.6 Å². The van der Waals surface area contributed by atoms with Crippen molar-refractivity contribution >= 4 is 11.7 Å². The van der Waals surface area contributed by atoms with Gasteiger partial charge in [0.1, 0.15) is 11.5 Å². The van der Waals surface area contributed by atoms with Crippen molar-refractivity contribution in [3.63, 3.8) is 0 Å². The Morgan fingerprint density at radius 3 is 2.73 bits per heavy atom. The predicted molar refractivity (Wildman–Crippen MR) is 85.1 cm³/mol. The number of carbonyl (C=O) groups is 1. The SMILES string of the molecule is Cc1cc(C(F)(F)F)nc(CCNC(=O)Nc2ccc3c(c2)OCO3)n1. The molecule has 2 amide bonds. The summed E-state index contributed by atoms with van der Waals surface area (Å²) in [4.78, 5) is 19.3. The molecule has 1 aliphatic heterocycles. The van der Waals surface area contributed by atoms with Crippen molar-refractivity contribution < 1.29 is 27.4 Å². The maximum Gasteiger partial charge on any atom is 0.433 e. The van der Waals surface area contributed by atoms with E-state index >= 15 is 0 Å². The molecule has 7 nitrogen and oxygen atoms in total. The van der Waals surface area contributed by atoms with Gasteiger partial charge in [-0.1, -0.05) is 0 Å². The van der Waals surface area contributed by atoms with Crippen LogP contribution >= 0.6 is 0 Å². The van der Waals surface area contributed by atoms with E-state index in [0.29, 0.717) is 17.2 Å². The van der Waals surface area contributed by atoms with Crippen LogP contribution in [0.5, 0.6) is 11.5 Å². The zero-order valence-corrected chi connectivity index (χ0v) is 13.7. The number of hydrogen-bond acceptors (Lipinski definition) is 5. The zero-order chi connectivity index (χ0) is 18.7. The molecule has 2 N–H and O–H groups in total. The maximum absolute atomic E-state index is 12.7. The van der Waals surface area contributed by atoms with E-state index in [1.807, 2.05) is 0 Å². The van der Waals surface area contributed by atoms with E-state index in [1.54, 1.807) is 18.2 Å². The van der Waals surface area contributed by atoms with Gasteiger partial charge in [0.25, 0.3) is 0 Å². The number of carbonyl (C=O) groups excluding carboxylic acids is 1. The molecule has 1 aliphatic rings. The number of aromatic nitrogens is 2. The van der Waals surface area contributed by atoms with E-state index in [1.165, 1.54) is 6.92 Å². The smallest absolute Gasteiger partial charge is 0.433 e. The first-order valence-electron chi connectivity index (χ1n) is 7.67. The Labute approximate surface area is 146 Å². The quantitative estimate of drug-likeness (QED) is 0.867. The summed E-state index contributed by atoms with van der Waals surface area (Å²) in [7, 11) is 0. The first kappa shape index (κ1) is 17.8. The molecule has 0 atom stereocenters. The molecule has 10 heteroatoms. The Balaban J connectivity index is 1.53. The maximum atomic E-state index is 12.7. The largest absolute Gasteiger partial charge is 0.454 e. The Kier molecular flexibility index (Phi) is 4.83. The number of aryl methyl sites for hydroxylation is 1. The normalized spacial score (nSPS) is 12.8. The van der Waals surface area contributed by atoms with Crippen molar-refractivity contribution in [2.24, 2.45) is 0 Å². The van der Waals surface area contributed by atoms with Crippen molar-refractivity contribution in [1.82, 2.24) is 15.3 Å². The van der Waals surface area contributed by atoms with E-state index < -0.39 is 17.9 Å². The molecule has 0 radical (unpaired) electrons. The molecule has 1 aromatic carbocycles. The molecule has 0 aliphatic carbocycles. The minimum Gasteiger partial charge on any atom is -0.454 e. The second kappa shape index (κ2) is 7.06. The molecule has 3 rings (SSSR count). The Hall–Kier alpha value is -3.04. The first-order chi connectivity index (χ1) is 12.3. The van der Waals surface area contributed by atoms with Gasteiger partial charge in [0.2, 0.25) is 6.79 Å².